The average molecular weight is 891 g/mol. The molecule has 16 nitrogen and oxygen atoms in total. The maximum Gasteiger partial charge on any atom is 1.00 e. The summed E-state index contributed by atoms with van der Waals surface area (Å²) in [6.07, 6.45) is 0. The first kappa shape index (κ1) is 46.1. The number of fused-ring (bicyclic) bond motifs is 4. The second-order valence-corrected chi connectivity index (χ2v) is 16.3. The molecule has 302 valence electrons. The van der Waals surface area contributed by atoms with Crippen molar-refractivity contribution in [2.24, 2.45) is 0 Å². The van der Waals surface area contributed by atoms with Gasteiger partial charge in [-0.25, -0.2) is 16.8 Å². The van der Waals surface area contributed by atoms with Crippen LogP contribution in [0, 0.1) is 0 Å². The molecule has 0 aliphatic heterocycles. The molecule has 0 unspecified atom stereocenters. The van der Waals surface area contributed by atoms with E-state index in [1.165, 1.54) is 62.8 Å². The first-order chi connectivity index (χ1) is 28.4. The minimum Gasteiger partial charge on any atom is -0.744 e. The van der Waals surface area contributed by atoms with Gasteiger partial charge in [0, 0.05) is 56.9 Å². The number of benzene rings is 6. The van der Waals surface area contributed by atoms with Crippen LogP contribution in [0.1, 0.15) is 63.7 Å². The Morgan fingerprint density at radius 2 is 0.774 bits per heavy atom. The molecule has 0 bridgehead atoms. The maximum absolute atomic E-state index is 13.8. The smallest absolute Gasteiger partial charge is 0.744 e. The summed E-state index contributed by atoms with van der Waals surface area (Å²) in [6, 6.07) is 23.0. The monoisotopic (exact) mass is 890 g/mol. The predicted molar refractivity (Wildman–Crippen MR) is 216 cm³/mol. The molecule has 2 aliphatic rings. The van der Waals surface area contributed by atoms with Crippen LogP contribution in [0.3, 0.4) is 0 Å². The molecule has 0 spiro atoms. The molecule has 62 heavy (non-hydrogen) atoms. The maximum atomic E-state index is 13.8. The van der Waals surface area contributed by atoms with E-state index in [0.717, 1.165) is 12.1 Å². The van der Waals surface area contributed by atoms with Gasteiger partial charge in [-0.2, -0.15) is 0 Å². The van der Waals surface area contributed by atoms with E-state index in [-0.39, 0.29) is 127 Å². The van der Waals surface area contributed by atoms with Gasteiger partial charge in [0.05, 0.1) is 69.0 Å². The Labute approximate surface area is 398 Å². The van der Waals surface area contributed by atoms with Gasteiger partial charge in [-0.15, -0.1) is 0 Å². The summed E-state index contributed by atoms with van der Waals surface area (Å²) in [5.74, 6) is -2.26. The predicted octanol–water partition coefficient (Wildman–Crippen LogP) is -0.611. The number of nitrogens with two attached hydrogens (primary N) is 2. The summed E-state index contributed by atoms with van der Waals surface area (Å²) in [6.45, 7) is 0. The van der Waals surface area contributed by atoms with E-state index in [1.54, 1.807) is 36.4 Å². The molecule has 8 rings (SSSR count). The van der Waals surface area contributed by atoms with Crippen molar-refractivity contribution in [1.29, 1.82) is 0 Å². The third-order valence-corrected chi connectivity index (χ3v) is 11.9. The number of anilines is 6. The third-order valence-electron chi connectivity index (χ3n) is 10.2. The standard InChI is InChI=1S/C42H30N4O12S2.2Na/c1-57-29-15-19(45-27-17-31(59(51,52)53)37(43)35-33(27)39(47)23-7-3-5-9-25(23)41(35)49)11-13-21(29)22-14-12-20(16-30(22)58-2)46-28-18-32(60(54,55)56)38(44)36-34(28)40(48)24-8-4-6-10-26(24)42(36)50;;/h3-18,45-46H,43-44H2,1-2H3,(H,51,52,53)(H,54,55,56);;/q;2*+1/p-2. The van der Waals surface area contributed by atoms with Gasteiger partial charge in [0.15, 0.2) is 23.1 Å². The minimum absolute atomic E-state index is 0. The van der Waals surface area contributed by atoms with Crippen molar-refractivity contribution in [2.45, 2.75) is 9.79 Å². The van der Waals surface area contributed by atoms with Gasteiger partial charge in [0.1, 0.15) is 31.7 Å². The molecule has 20 heteroatoms. The zero-order chi connectivity index (χ0) is 43.0. The van der Waals surface area contributed by atoms with Crippen molar-refractivity contribution in [2.75, 3.05) is 36.3 Å². The summed E-state index contributed by atoms with van der Waals surface area (Å²) in [5, 5.41) is 5.90. The van der Waals surface area contributed by atoms with Gasteiger partial charge in [0.2, 0.25) is 0 Å². The van der Waals surface area contributed by atoms with Crippen LogP contribution in [0.2, 0.25) is 0 Å². The van der Waals surface area contributed by atoms with Crippen LogP contribution in [-0.2, 0) is 20.2 Å². The van der Waals surface area contributed by atoms with Crippen LogP contribution in [0.5, 0.6) is 11.5 Å². The number of hydrogen-bond donors (Lipinski definition) is 4. The molecule has 6 N–H and O–H groups in total. The Kier molecular flexibility index (Phi) is 12.7. The topological polar surface area (TPSA) is 277 Å². The molecule has 6 aromatic carbocycles. The van der Waals surface area contributed by atoms with Gasteiger partial charge in [-0.3, -0.25) is 19.2 Å². The quantitative estimate of drug-likeness (QED) is 0.0799. The van der Waals surface area contributed by atoms with Crippen molar-refractivity contribution < 1.29 is 114 Å². The SMILES string of the molecule is COc1cc(Nc2cc(S(=O)(=O)[O-])c(N)c3c2C(=O)c2ccccc2C3=O)ccc1-c1ccc(Nc2cc(S(=O)(=O)[O-])c(N)c3c2C(=O)c2ccccc2C3=O)cc1OC.[Na+].[Na+]. The van der Waals surface area contributed by atoms with E-state index in [9.17, 15) is 45.1 Å². The zero-order valence-electron chi connectivity index (χ0n) is 33.1. The fourth-order valence-electron chi connectivity index (χ4n) is 7.49. The van der Waals surface area contributed by atoms with Crippen LogP contribution in [0.15, 0.2) is 107 Å². The number of ether oxygens (including phenoxy) is 2. The van der Waals surface area contributed by atoms with Crippen molar-refractivity contribution in [1.82, 2.24) is 0 Å². The second-order valence-electron chi connectivity index (χ2n) is 13.6. The van der Waals surface area contributed by atoms with Gasteiger partial charge in [0.25, 0.3) is 0 Å². The summed E-state index contributed by atoms with van der Waals surface area (Å²) in [5.41, 5.74) is 10.7. The van der Waals surface area contributed by atoms with Gasteiger partial charge in [-0.05, 0) is 36.4 Å². The summed E-state index contributed by atoms with van der Waals surface area (Å²) in [7, 11) is -7.69. The number of carbonyl (C=O) groups is 4. The molecule has 0 atom stereocenters. The van der Waals surface area contributed by atoms with E-state index >= 15 is 0 Å². The Bertz CT molecular complexity index is 2980. The molecule has 0 aromatic heterocycles. The second kappa shape index (κ2) is 17.1. The van der Waals surface area contributed by atoms with Crippen LogP contribution < -0.4 is 90.7 Å². The Balaban J connectivity index is 0.00000321. The van der Waals surface area contributed by atoms with Gasteiger partial charge in [-0.1, -0.05) is 48.5 Å². The largest absolute Gasteiger partial charge is 1.00 e. The number of carbonyl (C=O) groups excluding carboxylic acids is 4. The van der Waals surface area contributed by atoms with Crippen molar-refractivity contribution >= 4 is 77.5 Å². The molecule has 0 saturated heterocycles. The number of nitrogen functional groups attached to an aromatic ring is 2. The zero-order valence-corrected chi connectivity index (χ0v) is 38.7. The van der Waals surface area contributed by atoms with Crippen molar-refractivity contribution in [3.05, 3.63) is 142 Å². The van der Waals surface area contributed by atoms with Crippen LogP contribution in [-0.4, -0.2) is 63.3 Å². The van der Waals surface area contributed by atoms with Gasteiger partial charge < -0.3 is 40.7 Å². The minimum atomic E-state index is -5.22. The van der Waals surface area contributed by atoms with Crippen LogP contribution in [0.25, 0.3) is 11.1 Å². The molecular weight excluding hydrogens is 863 g/mol. The van der Waals surface area contributed by atoms with Crippen LogP contribution in [0.4, 0.5) is 34.1 Å². The number of methoxy groups -OCH3 is 2. The molecule has 6 aromatic rings. The molecule has 0 fully saturated rings. The number of nitrogens with one attached hydrogen (secondary N) is 2. The molecule has 0 amide bonds. The first-order valence-electron chi connectivity index (χ1n) is 17.6. The Morgan fingerprint density at radius 1 is 0.468 bits per heavy atom. The molecule has 0 radical (unpaired) electrons. The van der Waals surface area contributed by atoms with E-state index in [0.29, 0.717) is 11.1 Å². The Morgan fingerprint density at radius 3 is 1.06 bits per heavy atom. The Hall–Kier alpha value is -5.38. The van der Waals surface area contributed by atoms with Crippen molar-refractivity contribution in [3.63, 3.8) is 0 Å². The summed E-state index contributed by atoms with van der Waals surface area (Å²) >= 11 is 0. The summed E-state index contributed by atoms with van der Waals surface area (Å²) in [4.78, 5) is 53.0. The third kappa shape index (κ3) is 7.72. The first-order valence-corrected chi connectivity index (χ1v) is 20.4. The van der Waals surface area contributed by atoms with Crippen molar-refractivity contribution in [3.8, 4) is 22.6 Å². The van der Waals surface area contributed by atoms with E-state index in [1.807, 2.05) is 0 Å². The molecular formula is C42H28N4Na2O12S2. The van der Waals surface area contributed by atoms with E-state index in [2.05, 4.69) is 10.6 Å². The normalized spacial score (nSPS) is 12.8. The van der Waals surface area contributed by atoms with Crippen LogP contribution >= 0.6 is 0 Å². The van der Waals surface area contributed by atoms with E-state index in [4.69, 9.17) is 20.9 Å². The van der Waals surface area contributed by atoms with Gasteiger partial charge >= 0.3 is 59.1 Å². The average Bonchev–Trinajstić information content (AvgIpc) is 3.22. The number of rotatable bonds is 9. The fraction of sp³-hybridized carbons (Fsp3) is 0.0476. The summed E-state index contributed by atoms with van der Waals surface area (Å²) < 4.78 is 85.2. The molecule has 0 saturated carbocycles. The van der Waals surface area contributed by atoms with E-state index < -0.39 is 75.7 Å². The fourth-order valence-corrected chi connectivity index (χ4v) is 8.76. The number of hydrogen-bond acceptors (Lipinski definition) is 16. The number of ketones is 4. The molecule has 2 aliphatic carbocycles. The molecule has 0 heterocycles.